The normalized spacial score (nSPS) is 20.1. The lowest BCUT2D eigenvalue weighted by atomic mass is 10.1. The molecule has 112 valence electrons. The summed E-state index contributed by atoms with van der Waals surface area (Å²) in [5, 5.41) is 13.4. The molecule has 1 N–H and O–H groups in total. The number of β-amino-alcohol motifs (C(OH)–C–C–N with tert-alkyl or cyclic N) is 1. The van der Waals surface area contributed by atoms with Gasteiger partial charge in [-0.05, 0) is 26.3 Å². The molecular formula is C13H22N4O3. The fourth-order valence-corrected chi connectivity index (χ4v) is 2.42. The summed E-state index contributed by atoms with van der Waals surface area (Å²) < 4.78 is 4.91. The Hall–Kier alpha value is -1.47. The van der Waals surface area contributed by atoms with Crippen molar-refractivity contribution in [1.82, 2.24) is 19.9 Å². The molecule has 7 heteroatoms. The third-order valence-corrected chi connectivity index (χ3v) is 3.48. The van der Waals surface area contributed by atoms with E-state index in [2.05, 4.69) is 10.1 Å². The molecule has 0 unspecified atom stereocenters. The number of aliphatic hydroxyl groups is 1. The first-order valence-corrected chi connectivity index (χ1v) is 7.06. The molecule has 0 aliphatic carbocycles. The quantitative estimate of drug-likeness (QED) is 0.829. The number of aliphatic hydroxyl groups excluding tert-OH is 1. The monoisotopic (exact) mass is 282 g/mol. The fourth-order valence-electron chi connectivity index (χ4n) is 2.42. The maximum Gasteiger partial charge on any atom is 0.237 e. The lowest BCUT2D eigenvalue weighted by Gasteiger charge is -2.31. The van der Waals surface area contributed by atoms with E-state index in [-0.39, 0.29) is 12.0 Å². The number of carbonyl (C=O) groups is 1. The molecule has 7 nitrogen and oxygen atoms in total. The van der Waals surface area contributed by atoms with Gasteiger partial charge in [0.2, 0.25) is 11.8 Å². The van der Waals surface area contributed by atoms with Crippen molar-refractivity contribution in [1.29, 1.82) is 0 Å². The van der Waals surface area contributed by atoms with E-state index in [4.69, 9.17) is 4.52 Å². The van der Waals surface area contributed by atoms with Gasteiger partial charge in [0.15, 0.2) is 5.82 Å². The maximum atomic E-state index is 12.3. The van der Waals surface area contributed by atoms with Gasteiger partial charge in [-0.25, -0.2) is 0 Å². The van der Waals surface area contributed by atoms with E-state index in [1.807, 2.05) is 11.8 Å². The Balaban J connectivity index is 1.88. The highest BCUT2D eigenvalue weighted by Gasteiger charge is 2.22. The Kier molecular flexibility index (Phi) is 5.08. The van der Waals surface area contributed by atoms with Crippen molar-refractivity contribution in [2.24, 2.45) is 0 Å². The highest BCUT2D eigenvalue weighted by molar-refractivity contribution is 5.78. The van der Waals surface area contributed by atoms with Crippen LogP contribution >= 0.6 is 0 Å². The molecule has 2 rings (SSSR count). The molecule has 1 aromatic heterocycles. The van der Waals surface area contributed by atoms with E-state index in [9.17, 15) is 9.90 Å². The fraction of sp³-hybridized carbons (Fsp3) is 0.769. The third-order valence-electron chi connectivity index (χ3n) is 3.48. The van der Waals surface area contributed by atoms with Crippen LogP contribution in [0.5, 0.6) is 0 Å². The molecule has 1 aromatic rings. The van der Waals surface area contributed by atoms with E-state index in [1.54, 1.807) is 11.8 Å². The van der Waals surface area contributed by atoms with Crippen LogP contribution in [0.4, 0.5) is 0 Å². The lowest BCUT2D eigenvalue weighted by Crippen LogP contribution is -2.45. The number of likely N-dealkylation sites (N-methyl/N-ethyl adjacent to an activating group) is 1. The summed E-state index contributed by atoms with van der Waals surface area (Å²) in [7, 11) is 0. The van der Waals surface area contributed by atoms with Crippen molar-refractivity contribution in [3.63, 3.8) is 0 Å². The van der Waals surface area contributed by atoms with Crippen LogP contribution < -0.4 is 0 Å². The largest absolute Gasteiger partial charge is 0.392 e. The molecule has 0 radical (unpaired) electrons. The minimum atomic E-state index is -0.313. The smallest absolute Gasteiger partial charge is 0.237 e. The van der Waals surface area contributed by atoms with Crippen molar-refractivity contribution in [3.05, 3.63) is 11.7 Å². The molecule has 1 saturated heterocycles. The summed E-state index contributed by atoms with van der Waals surface area (Å²) in [6, 6.07) is 0. The van der Waals surface area contributed by atoms with Crippen molar-refractivity contribution < 1.29 is 14.4 Å². The molecule has 1 aliphatic heterocycles. The zero-order chi connectivity index (χ0) is 14.5. The lowest BCUT2D eigenvalue weighted by molar-refractivity contribution is -0.133. The van der Waals surface area contributed by atoms with Gasteiger partial charge in [0.05, 0.1) is 19.2 Å². The molecule has 1 atom stereocenters. The number of likely N-dealkylation sites (tertiary alicyclic amines) is 1. The van der Waals surface area contributed by atoms with Gasteiger partial charge in [-0.3, -0.25) is 9.69 Å². The second kappa shape index (κ2) is 6.81. The Morgan fingerprint density at radius 1 is 1.60 bits per heavy atom. The summed E-state index contributed by atoms with van der Waals surface area (Å²) in [6.45, 7) is 6.39. The zero-order valence-electron chi connectivity index (χ0n) is 12.1. The van der Waals surface area contributed by atoms with E-state index < -0.39 is 0 Å². The number of piperidine rings is 1. The molecular weight excluding hydrogens is 260 g/mol. The predicted molar refractivity (Wildman–Crippen MR) is 71.8 cm³/mol. The molecule has 2 heterocycles. The minimum absolute atomic E-state index is 0.0315. The summed E-state index contributed by atoms with van der Waals surface area (Å²) in [5.74, 6) is 1.06. The SMILES string of the molecule is CCN(Cc1noc(C)n1)C(=O)CN1CCC[C@H](O)C1. The van der Waals surface area contributed by atoms with Gasteiger partial charge in [-0.15, -0.1) is 0 Å². The first kappa shape index (κ1) is 14.9. The summed E-state index contributed by atoms with van der Waals surface area (Å²) in [4.78, 5) is 20.1. The summed E-state index contributed by atoms with van der Waals surface area (Å²) in [6.07, 6.45) is 1.45. The molecule has 0 bridgehead atoms. The molecule has 20 heavy (non-hydrogen) atoms. The Morgan fingerprint density at radius 2 is 2.40 bits per heavy atom. The number of aryl methyl sites for hydroxylation is 1. The van der Waals surface area contributed by atoms with Gasteiger partial charge in [0.1, 0.15) is 0 Å². The van der Waals surface area contributed by atoms with Crippen LogP contribution in [0.15, 0.2) is 4.52 Å². The number of hydrogen-bond donors (Lipinski definition) is 1. The predicted octanol–water partition coefficient (Wildman–Crippen LogP) is 0.183. The van der Waals surface area contributed by atoms with Crippen molar-refractivity contribution in [2.45, 2.75) is 39.3 Å². The van der Waals surface area contributed by atoms with Gasteiger partial charge in [-0.1, -0.05) is 5.16 Å². The summed E-state index contributed by atoms with van der Waals surface area (Å²) >= 11 is 0. The minimum Gasteiger partial charge on any atom is -0.392 e. The van der Waals surface area contributed by atoms with Gasteiger partial charge in [0.25, 0.3) is 0 Å². The highest BCUT2D eigenvalue weighted by Crippen LogP contribution is 2.10. The van der Waals surface area contributed by atoms with Crippen molar-refractivity contribution >= 4 is 5.91 Å². The number of aromatic nitrogens is 2. The number of nitrogens with zero attached hydrogens (tertiary/aromatic N) is 4. The van der Waals surface area contributed by atoms with E-state index >= 15 is 0 Å². The molecule has 0 saturated carbocycles. The van der Waals surface area contributed by atoms with Crippen LogP contribution in [-0.4, -0.2) is 63.2 Å². The molecule has 0 spiro atoms. The standard InChI is InChI=1S/C13H22N4O3/c1-3-17(8-12-14-10(2)20-15-12)13(19)9-16-6-4-5-11(18)7-16/h11,18H,3-9H2,1-2H3/t11-/m0/s1. The van der Waals surface area contributed by atoms with Crippen LogP contribution in [0.25, 0.3) is 0 Å². The Labute approximate surface area is 118 Å². The number of rotatable bonds is 5. The number of carbonyl (C=O) groups excluding carboxylic acids is 1. The van der Waals surface area contributed by atoms with Crippen LogP contribution in [0.1, 0.15) is 31.5 Å². The molecule has 1 amide bonds. The molecule has 1 aliphatic rings. The number of amides is 1. The Morgan fingerprint density at radius 3 is 3.00 bits per heavy atom. The summed E-state index contributed by atoms with van der Waals surface area (Å²) in [5.41, 5.74) is 0. The topological polar surface area (TPSA) is 82.7 Å². The van der Waals surface area contributed by atoms with Gasteiger partial charge in [-0.2, -0.15) is 4.98 Å². The van der Waals surface area contributed by atoms with Crippen molar-refractivity contribution in [2.75, 3.05) is 26.2 Å². The molecule has 1 fully saturated rings. The van der Waals surface area contributed by atoms with Crippen LogP contribution in [-0.2, 0) is 11.3 Å². The second-order valence-electron chi connectivity index (χ2n) is 5.17. The third kappa shape index (κ3) is 4.01. The van der Waals surface area contributed by atoms with Crippen molar-refractivity contribution in [3.8, 4) is 0 Å². The van der Waals surface area contributed by atoms with E-state index in [1.165, 1.54) is 0 Å². The van der Waals surface area contributed by atoms with Gasteiger partial charge in [0, 0.05) is 20.0 Å². The maximum absolute atomic E-state index is 12.3. The average molecular weight is 282 g/mol. The molecule has 0 aromatic carbocycles. The van der Waals surface area contributed by atoms with Gasteiger partial charge < -0.3 is 14.5 Å². The van der Waals surface area contributed by atoms with E-state index in [0.29, 0.717) is 37.9 Å². The first-order valence-electron chi connectivity index (χ1n) is 7.06. The second-order valence-corrected chi connectivity index (χ2v) is 5.17. The van der Waals surface area contributed by atoms with Crippen LogP contribution in [0.2, 0.25) is 0 Å². The average Bonchev–Trinajstić information content (AvgIpc) is 2.81. The number of hydrogen-bond acceptors (Lipinski definition) is 6. The van der Waals surface area contributed by atoms with Gasteiger partial charge >= 0.3 is 0 Å². The van der Waals surface area contributed by atoms with Crippen LogP contribution in [0.3, 0.4) is 0 Å². The first-order chi connectivity index (χ1) is 9.58. The van der Waals surface area contributed by atoms with Crippen LogP contribution in [0, 0.1) is 6.92 Å². The Bertz CT molecular complexity index is 449. The zero-order valence-corrected chi connectivity index (χ0v) is 12.1. The highest BCUT2D eigenvalue weighted by atomic mass is 16.5. The van der Waals surface area contributed by atoms with E-state index in [0.717, 1.165) is 19.4 Å².